The molecule has 1 aromatic rings. The predicted molar refractivity (Wildman–Crippen MR) is 66.4 cm³/mol. The highest BCUT2D eigenvalue weighted by atomic mass is 15.2. The molecule has 1 saturated carbocycles. The number of rotatable bonds is 2. The number of hydrogen-bond donors (Lipinski definition) is 1. The van der Waals surface area contributed by atoms with Crippen LogP contribution in [0.25, 0.3) is 0 Å². The Morgan fingerprint density at radius 2 is 1.88 bits per heavy atom. The summed E-state index contributed by atoms with van der Waals surface area (Å²) >= 11 is 0. The fourth-order valence-corrected chi connectivity index (χ4v) is 2.81. The second kappa shape index (κ2) is 4.81. The molecule has 88 valence electrons. The minimum absolute atomic E-state index is 0.565. The predicted octanol–water partition coefficient (Wildman–Crippen LogP) is 3.02. The molecule has 0 bridgehead atoms. The van der Waals surface area contributed by atoms with Gasteiger partial charge in [0, 0.05) is 6.04 Å². The number of nitrogens with one attached hydrogen (secondary N) is 1. The molecule has 1 aromatic heterocycles. The Morgan fingerprint density at radius 1 is 1.19 bits per heavy atom. The lowest BCUT2D eigenvalue weighted by molar-refractivity contribution is 0.280. The number of anilines is 1. The van der Waals surface area contributed by atoms with Gasteiger partial charge in [-0.2, -0.15) is 5.10 Å². The van der Waals surface area contributed by atoms with E-state index < -0.39 is 0 Å². The summed E-state index contributed by atoms with van der Waals surface area (Å²) in [6.45, 7) is 6.73. The summed E-state index contributed by atoms with van der Waals surface area (Å²) in [5.74, 6) is 2.56. The van der Waals surface area contributed by atoms with Crippen molar-refractivity contribution in [3.05, 3.63) is 17.8 Å². The highest BCUT2D eigenvalue weighted by Gasteiger charge is 2.23. The van der Waals surface area contributed by atoms with Gasteiger partial charge >= 0.3 is 0 Å². The summed E-state index contributed by atoms with van der Waals surface area (Å²) in [7, 11) is 0. The summed E-state index contributed by atoms with van der Waals surface area (Å²) in [4.78, 5) is 0. The van der Waals surface area contributed by atoms with E-state index in [9.17, 15) is 0 Å². The van der Waals surface area contributed by atoms with Crippen LogP contribution in [-0.2, 0) is 0 Å². The second-order valence-corrected chi connectivity index (χ2v) is 5.38. The van der Waals surface area contributed by atoms with Gasteiger partial charge in [0.1, 0.15) is 5.82 Å². The molecule has 3 nitrogen and oxygen atoms in total. The Morgan fingerprint density at radius 3 is 2.50 bits per heavy atom. The summed E-state index contributed by atoms with van der Waals surface area (Å²) in [5, 5.41) is 11.6. The SMILES string of the molecule is Cc1cnnc(NC2CC(C)CC(C)C2)c1. The monoisotopic (exact) mass is 219 g/mol. The van der Waals surface area contributed by atoms with Crippen LogP contribution in [0.5, 0.6) is 0 Å². The molecule has 16 heavy (non-hydrogen) atoms. The van der Waals surface area contributed by atoms with Crippen molar-refractivity contribution in [3.8, 4) is 0 Å². The minimum atomic E-state index is 0.565. The van der Waals surface area contributed by atoms with E-state index in [2.05, 4.69) is 35.4 Å². The average Bonchev–Trinajstić information content (AvgIpc) is 2.15. The average molecular weight is 219 g/mol. The summed E-state index contributed by atoms with van der Waals surface area (Å²) in [6.07, 6.45) is 5.65. The fourth-order valence-electron chi connectivity index (χ4n) is 2.81. The zero-order valence-electron chi connectivity index (χ0n) is 10.4. The molecule has 0 saturated heterocycles. The van der Waals surface area contributed by atoms with Crippen LogP contribution < -0.4 is 5.32 Å². The van der Waals surface area contributed by atoms with Crippen LogP contribution >= 0.6 is 0 Å². The van der Waals surface area contributed by atoms with Crippen molar-refractivity contribution in [2.45, 2.75) is 46.1 Å². The van der Waals surface area contributed by atoms with E-state index in [1.807, 2.05) is 6.92 Å². The standard InChI is InChI=1S/C13H21N3/c1-9-4-10(2)6-12(5-9)15-13-7-11(3)8-14-16-13/h7-10,12H,4-6H2,1-3H3,(H,15,16). The molecule has 2 atom stereocenters. The first-order valence-corrected chi connectivity index (χ1v) is 6.19. The maximum atomic E-state index is 4.12. The maximum absolute atomic E-state index is 4.12. The Labute approximate surface area is 97.7 Å². The van der Waals surface area contributed by atoms with Crippen molar-refractivity contribution in [1.29, 1.82) is 0 Å². The quantitative estimate of drug-likeness (QED) is 0.830. The molecule has 0 amide bonds. The van der Waals surface area contributed by atoms with Gasteiger partial charge in [-0.05, 0) is 49.7 Å². The normalized spacial score (nSPS) is 30.1. The molecule has 0 spiro atoms. The van der Waals surface area contributed by atoms with Gasteiger partial charge in [-0.3, -0.25) is 0 Å². The first-order valence-electron chi connectivity index (χ1n) is 6.19. The van der Waals surface area contributed by atoms with E-state index in [1.165, 1.54) is 19.3 Å². The maximum Gasteiger partial charge on any atom is 0.149 e. The molecular weight excluding hydrogens is 198 g/mol. The largest absolute Gasteiger partial charge is 0.366 e. The van der Waals surface area contributed by atoms with Crippen LogP contribution in [0, 0.1) is 18.8 Å². The highest BCUT2D eigenvalue weighted by Crippen LogP contribution is 2.30. The van der Waals surface area contributed by atoms with Crippen LogP contribution in [0.2, 0.25) is 0 Å². The second-order valence-electron chi connectivity index (χ2n) is 5.38. The molecule has 0 aromatic carbocycles. The molecule has 1 aliphatic carbocycles. The molecule has 0 aliphatic heterocycles. The zero-order valence-corrected chi connectivity index (χ0v) is 10.4. The van der Waals surface area contributed by atoms with Crippen LogP contribution in [0.15, 0.2) is 12.3 Å². The molecule has 1 fully saturated rings. The van der Waals surface area contributed by atoms with Crippen molar-refractivity contribution < 1.29 is 0 Å². The first kappa shape index (κ1) is 11.4. The third kappa shape index (κ3) is 2.94. The van der Waals surface area contributed by atoms with Gasteiger partial charge in [-0.15, -0.1) is 5.10 Å². The van der Waals surface area contributed by atoms with Gasteiger partial charge in [-0.1, -0.05) is 13.8 Å². The van der Waals surface area contributed by atoms with Crippen molar-refractivity contribution in [2.75, 3.05) is 5.32 Å². The number of aromatic nitrogens is 2. The Kier molecular flexibility index (Phi) is 3.42. The Bertz CT molecular complexity index is 341. The number of nitrogens with zero attached hydrogens (tertiary/aromatic N) is 2. The number of hydrogen-bond acceptors (Lipinski definition) is 3. The van der Waals surface area contributed by atoms with Gasteiger partial charge < -0.3 is 5.32 Å². The smallest absolute Gasteiger partial charge is 0.149 e. The first-order chi connectivity index (χ1) is 7.63. The molecule has 1 aliphatic rings. The molecule has 2 unspecified atom stereocenters. The van der Waals surface area contributed by atoms with Crippen LogP contribution in [0.4, 0.5) is 5.82 Å². The van der Waals surface area contributed by atoms with Gasteiger partial charge in [0.2, 0.25) is 0 Å². The van der Waals surface area contributed by atoms with Gasteiger partial charge in [0.25, 0.3) is 0 Å². The highest BCUT2D eigenvalue weighted by molar-refractivity contribution is 5.36. The summed E-state index contributed by atoms with van der Waals surface area (Å²) < 4.78 is 0. The van der Waals surface area contributed by atoms with E-state index in [1.54, 1.807) is 6.20 Å². The van der Waals surface area contributed by atoms with Crippen molar-refractivity contribution >= 4 is 5.82 Å². The van der Waals surface area contributed by atoms with Gasteiger partial charge in [0.05, 0.1) is 6.20 Å². The third-order valence-corrected chi connectivity index (χ3v) is 3.32. The molecule has 1 heterocycles. The van der Waals surface area contributed by atoms with E-state index in [4.69, 9.17) is 0 Å². The molecule has 3 heteroatoms. The van der Waals surface area contributed by atoms with Crippen LogP contribution in [-0.4, -0.2) is 16.2 Å². The van der Waals surface area contributed by atoms with E-state index >= 15 is 0 Å². The number of aryl methyl sites for hydroxylation is 1. The lowest BCUT2D eigenvalue weighted by Crippen LogP contribution is -2.30. The fraction of sp³-hybridized carbons (Fsp3) is 0.692. The van der Waals surface area contributed by atoms with Crippen LogP contribution in [0.3, 0.4) is 0 Å². The van der Waals surface area contributed by atoms with E-state index in [0.717, 1.165) is 23.2 Å². The summed E-state index contributed by atoms with van der Waals surface area (Å²) in [6, 6.07) is 2.63. The zero-order chi connectivity index (χ0) is 11.5. The van der Waals surface area contributed by atoms with Crippen molar-refractivity contribution in [1.82, 2.24) is 10.2 Å². The van der Waals surface area contributed by atoms with Crippen LogP contribution in [0.1, 0.15) is 38.7 Å². The van der Waals surface area contributed by atoms with Crippen molar-refractivity contribution in [2.24, 2.45) is 11.8 Å². The Hall–Kier alpha value is -1.12. The minimum Gasteiger partial charge on any atom is -0.366 e. The lowest BCUT2D eigenvalue weighted by atomic mass is 9.80. The van der Waals surface area contributed by atoms with Crippen molar-refractivity contribution in [3.63, 3.8) is 0 Å². The van der Waals surface area contributed by atoms with E-state index in [0.29, 0.717) is 6.04 Å². The Balaban J connectivity index is 1.98. The van der Waals surface area contributed by atoms with Gasteiger partial charge in [0.15, 0.2) is 0 Å². The molecular formula is C13H21N3. The van der Waals surface area contributed by atoms with E-state index in [-0.39, 0.29) is 0 Å². The lowest BCUT2D eigenvalue weighted by Gasteiger charge is -2.32. The topological polar surface area (TPSA) is 37.8 Å². The summed E-state index contributed by atoms with van der Waals surface area (Å²) in [5.41, 5.74) is 1.16. The third-order valence-electron chi connectivity index (χ3n) is 3.32. The molecule has 1 N–H and O–H groups in total. The molecule has 2 rings (SSSR count). The molecule has 0 radical (unpaired) electrons. The van der Waals surface area contributed by atoms with Gasteiger partial charge in [-0.25, -0.2) is 0 Å².